The summed E-state index contributed by atoms with van der Waals surface area (Å²) in [4.78, 5) is 12.0. The van der Waals surface area contributed by atoms with Gasteiger partial charge in [-0.3, -0.25) is 0 Å². The number of carbonyl (C=O) groups excluding carboxylic acids is 1. The first-order valence-corrected chi connectivity index (χ1v) is 10.2. The Bertz CT molecular complexity index is 722. The Kier molecular flexibility index (Phi) is 4.61. The van der Waals surface area contributed by atoms with E-state index in [1.807, 2.05) is 25.1 Å². The van der Waals surface area contributed by atoms with Crippen LogP contribution in [-0.2, 0) is 9.47 Å². The first kappa shape index (κ1) is 18.6. The van der Waals surface area contributed by atoms with Gasteiger partial charge in [0.15, 0.2) is 0 Å². The summed E-state index contributed by atoms with van der Waals surface area (Å²) in [6, 6.07) is 8.24. The second-order valence-electron chi connectivity index (χ2n) is 8.84. The lowest BCUT2D eigenvalue weighted by atomic mass is 9.50. The molecule has 5 heteroatoms. The number of benzene rings is 1. The SMILES string of the molecule is CCCNC(=O)OC[C@@]12CO[C@H]3c4ccccc4O[C@](C)(C[C@@H]1C)[C@@H]3[C@@H]2C. The van der Waals surface area contributed by atoms with E-state index in [2.05, 4.69) is 32.2 Å². The molecule has 2 heterocycles. The molecule has 2 aliphatic heterocycles. The van der Waals surface area contributed by atoms with Crippen LogP contribution in [0.15, 0.2) is 24.3 Å². The Labute approximate surface area is 161 Å². The Morgan fingerprint density at radius 3 is 2.89 bits per heavy atom. The fraction of sp³-hybridized carbons (Fsp3) is 0.682. The molecular formula is C22H31NO4. The number of fused-ring (bicyclic) bond motifs is 3. The largest absolute Gasteiger partial charge is 0.487 e. The molecule has 1 aromatic carbocycles. The number of para-hydroxylation sites is 1. The number of hydrogen-bond acceptors (Lipinski definition) is 4. The fourth-order valence-corrected chi connectivity index (χ4v) is 5.73. The Hall–Kier alpha value is -1.75. The third-order valence-electron chi connectivity index (χ3n) is 7.26. The van der Waals surface area contributed by atoms with Crippen LogP contribution >= 0.6 is 0 Å². The van der Waals surface area contributed by atoms with Gasteiger partial charge in [0.2, 0.25) is 0 Å². The summed E-state index contributed by atoms with van der Waals surface area (Å²) in [5, 5.41) is 2.81. The van der Waals surface area contributed by atoms with E-state index < -0.39 is 0 Å². The highest BCUT2D eigenvalue weighted by Crippen LogP contribution is 2.63. The molecule has 0 spiro atoms. The summed E-state index contributed by atoms with van der Waals surface area (Å²) in [6.45, 7) is 10.4. The maximum Gasteiger partial charge on any atom is 0.407 e. The van der Waals surface area contributed by atoms with Gasteiger partial charge in [-0.2, -0.15) is 0 Å². The number of alkyl carbamates (subject to hydrolysis) is 1. The zero-order valence-corrected chi connectivity index (χ0v) is 16.8. The van der Waals surface area contributed by atoms with Gasteiger partial charge in [0.05, 0.1) is 12.7 Å². The Balaban J connectivity index is 1.61. The summed E-state index contributed by atoms with van der Waals surface area (Å²) in [7, 11) is 0. The second kappa shape index (κ2) is 6.69. The van der Waals surface area contributed by atoms with E-state index >= 15 is 0 Å². The van der Waals surface area contributed by atoms with E-state index in [0.717, 1.165) is 24.2 Å². The topological polar surface area (TPSA) is 56.8 Å². The molecule has 0 aromatic heterocycles. The lowest BCUT2D eigenvalue weighted by molar-refractivity contribution is -0.259. The summed E-state index contributed by atoms with van der Waals surface area (Å²) in [5.74, 6) is 1.86. The van der Waals surface area contributed by atoms with Crippen LogP contribution in [0.3, 0.4) is 0 Å². The zero-order chi connectivity index (χ0) is 19.2. The standard InChI is InChI=1S/C22H31NO4/c1-5-10-23-20(24)26-13-22-12-25-19-16-8-6-7-9-17(16)27-21(4,11-14(22)2)18(19)15(22)3/h6-9,14-15,18-19H,5,10-13H2,1-4H3,(H,23,24)/t14-,15-,18+,19-,21+,22-/m0/s1. The summed E-state index contributed by atoms with van der Waals surface area (Å²) >= 11 is 0. The smallest absolute Gasteiger partial charge is 0.407 e. The average Bonchev–Trinajstić information content (AvgIpc) is 2.64. The van der Waals surface area contributed by atoms with Crippen LogP contribution in [0.2, 0.25) is 0 Å². The molecular weight excluding hydrogens is 342 g/mol. The minimum Gasteiger partial charge on any atom is -0.487 e. The van der Waals surface area contributed by atoms with E-state index in [0.29, 0.717) is 31.6 Å². The van der Waals surface area contributed by atoms with Crippen molar-refractivity contribution in [2.75, 3.05) is 19.8 Å². The summed E-state index contributed by atoms with van der Waals surface area (Å²) < 4.78 is 18.7. The molecule has 1 N–H and O–H groups in total. The molecule has 6 atom stereocenters. The normalized spacial score (nSPS) is 39.1. The van der Waals surface area contributed by atoms with E-state index in [1.54, 1.807) is 0 Å². The summed E-state index contributed by atoms with van der Waals surface area (Å²) in [6.07, 6.45) is 1.56. The predicted octanol–water partition coefficient (Wildman–Crippen LogP) is 4.32. The van der Waals surface area contributed by atoms with E-state index in [4.69, 9.17) is 14.2 Å². The molecule has 4 rings (SSSR count). The zero-order valence-electron chi connectivity index (χ0n) is 16.8. The van der Waals surface area contributed by atoms with E-state index in [1.165, 1.54) is 0 Å². The fourth-order valence-electron chi connectivity index (χ4n) is 5.73. The van der Waals surface area contributed by atoms with Crippen LogP contribution in [0.1, 0.15) is 52.2 Å². The van der Waals surface area contributed by atoms with Crippen molar-refractivity contribution in [1.29, 1.82) is 0 Å². The number of amides is 1. The van der Waals surface area contributed by atoms with Crippen molar-refractivity contribution >= 4 is 6.09 Å². The van der Waals surface area contributed by atoms with Crippen molar-refractivity contribution in [2.45, 2.75) is 52.2 Å². The Morgan fingerprint density at radius 2 is 2.11 bits per heavy atom. The van der Waals surface area contributed by atoms with Crippen LogP contribution < -0.4 is 10.1 Å². The molecule has 0 radical (unpaired) electrons. The molecule has 1 saturated heterocycles. The van der Waals surface area contributed by atoms with Crippen molar-refractivity contribution in [3.8, 4) is 5.75 Å². The van der Waals surface area contributed by atoms with Crippen LogP contribution in [0.5, 0.6) is 5.75 Å². The number of rotatable bonds is 4. The van der Waals surface area contributed by atoms with Gasteiger partial charge in [-0.1, -0.05) is 39.0 Å². The van der Waals surface area contributed by atoms with Gasteiger partial charge in [-0.15, -0.1) is 0 Å². The van der Waals surface area contributed by atoms with Crippen molar-refractivity contribution in [2.24, 2.45) is 23.2 Å². The molecule has 1 saturated carbocycles. The van der Waals surface area contributed by atoms with Gasteiger partial charge in [-0.05, 0) is 37.7 Å². The molecule has 2 fully saturated rings. The highest BCUT2D eigenvalue weighted by Gasteiger charge is 2.64. The average molecular weight is 373 g/mol. The first-order chi connectivity index (χ1) is 12.9. The highest BCUT2D eigenvalue weighted by molar-refractivity contribution is 5.67. The monoisotopic (exact) mass is 373 g/mol. The first-order valence-electron chi connectivity index (χ1n) is 10.2. The number of ether oxygens (including phenoxy) is 3. The maximum absolute atomic E-state index is 12.0. The van der Waals surface area contributed by atoms with Gasteiger partial charge in [0.25, 0.3) is 0 Å². The minimum absolute atomic E-state index is 0.0458. The summed E-state index contributed by atoms with van der Waals surface area (Å²) in [5.41, 5.74) is 0.725. The van der Waals surface area contributed by atoms with Crippen molar-refractivity contribution in [1.82, 2.24) is 5.32 Å². The molecule has 0 unspecified atom stereocenters. The van der Waals surface area contributed by atoms with Crippen LogP contribution in [0.4, 0.5) is 4.79 Å². The quantitative estimate of drug-likeness (QED) is 0.854. The van der Waals surface area contributed by atoms with Crippen molar-refractivity contribution in [3.05, 3.63) is 29.8 Å². The van der Waals surface area contributed by atoms with Gasteiger partial charge < -0.3 is 19.5 Å². The van der Waals surface area contributed by atoms with Crippen LogP contribution in [0, 0.1) is 23.2 Å². The van der Waals surface area contributed by atoms with Gasteiger partial charge in [0, 0.05) is 23.4 Å². The molecule has 5 nitrogen and oxygen atoms in total. The van der Waals surface area contributed by atoms with Crippen molar-refractivity contribution in [3.63, 3.8) is 0 Å². The van der Waals surface area contributed by atoms with E-state index in [9.17, 15) is 4.79 Å². The van der Waals surface area contributed by atoms with Crippen LogP contribution in [0.25, 0.3) is 0 Å². The second-order valence-corrected chi connectivity index (χ2v) is 8.84. The maximum atomic E-state index is 12.0. The third-order valence-corrected chi connectivity index (χ3v) is 7.26. The van der Waals surface area contributed by atoms with Crippen LogP contribution in [-0.4, -0.2) is 31.5 Å². The molecule has 1 amide bonds. The van der Waals surface area contributed by atoms with Crippen molar-refractivity contribution < 1.29 is 19.0 Å². The highest BCUT2D eigenvalue weighted by atomic mass is 16.6. The minimum atomic E-state index is -0.327. The number of carbonyl (C=O) groups is 1. The number of hydrogen-bond donors (Lipinski definition) is 1. The van der Waals surface area contributed by atoms with Gasteiger partial charge in [0.1, 0.15) is 18.0 Å². The predicted molar refractivity (Wildman–Crippen MR) is 103 cm³/mol. The molecule has 3 aliphatic rings. The van der Waals surface area contributed by atoms with E-state index in [-0.39, 0.29) is 29.1 Å². The molecule has 27 heavy (non-hydrogen) atoms. The van der Waals surface area contributed by atoms with Gasteiger partial charge >= 0.3 is 6.09 Å². The number of nitrogens with one attached hydrogen (secondary N) is 1. The molecule has 1 aliphatic carbocycles. The molecule has 1 aromatic rings. The van der Waals surface area contributed by atoms with Gasteiger partial charge in [-0.25, -0.2) is 4.79 Å². The Morgan fingerprint density at radius 1 is 1.33 bits per heavy atom. The molecule has 148 valence electrons. The molecule has 2 bridgehead atoms. The lowest BCUT2D eigenvalue weighted by Crippen LogP contribution is -2.66. The lowest BCUT2D eigenvalue weighted by Gasteiger charge is -2.63. The third kappa shape index (κ3) is 2.82.